The second-order valence-electron chi connectivity index (χ2n) is 5.45. The van der Waals surface area contributed by atoms with Crippen molar-refractivity contribution in [3.05, 3.63) is 53.1 Å². The molecular formula is C18H17ClN2O5. The number of aldehydes is 1. The van der Waals surface area contributed by atoms with Gasteiger partial charge in [0.2, 0.25) is 0 Å². The summed E-state index contributed by atoms with van der Waals surface area (Å²) in [5.74, 6) is 0.435. The van der Waals surface area contributed by atoms with Crippen LogP contribution in [0.4, 0.5) is 16.2 Å². The molecule has 0 saturated carbocycles. The predicted octanol–water partition coefficient (Wildman–Crippen LogP) is 3.55. The largest absolute Gasteiger partial charge is 0.486 e. The summed E-state index contributed by atoms with van der Waals surface area (Å²) in [6, 6.07) is 11.0. The van der Waals surface area contributed by atoms with E-state index in [4.69, 9.17) is 25.8 Å². The summed E-state index contributed by atoms with van der Waals surface area (Å²) in [5.41, 5.74) is 1.36. The number of nitrogens with one attached hydrogen (secondary N) is 2. The Morgan fingerprint density at radius 3 is 2.77 bits per heavy atom. The molecule has 2 aromatic carbocycles. The van der Waals surface area contributed by atoms with Crippen LogP contribution in [-0.2, 0) is 9.47 Å². The lowest BCUT2D eigenvalue weighted by molar-refractivity contribution is -0.0682. The molecule has 3 rings (SSSR count). The summed E-state index contributed by atoms with van der Waals surface area (Å²) >= 11 is 6.01. The minimum absolute atomic E-state index is 0.194. The molecule has 1 saturated heterocycles. The average molecular weight is 377 g/mol. The number of benzene rings is 2. The molecule has 0 aliphatic carbocycles. The number of anilines is 2. The zero-order chi connectivity index (χ0) is 18.4. The molecule has 2 amide bonds. The Morgan fingerprint density at radius 2 is 2.00 bits per heavy atom. The lowest BCUT2D eigenvalue weighted by Crippen LogP contribution is -2.22. The first-order valence-electron chi connectivity index (χ1n) is 7.93. The van der Waals surface area contributed by atoms with E-state index in [1.165, 1.54) is 0 Å². The summed E-state index contributed by atoms with van der Waals surface area (Å²) in [6.45, 7) is 1.25. The third kappa shape index (κ3) is 4.95. The number of carbonyl (C=O) groups is 2. The van der Waals surface area contributed by atoms with Crippen LogP contribution in [-0.4, -0.2) is 38.4 Å². The monoisotopic (exact) mass is 376 g/mol. The molecule has 0 unspecified atom stereocenters. The van der Waals surface area contributed by atoms with E-state index in [2.05, 4.69) is 10.6 Å². The fourth-order valence-corrected chi connectivity index (χ4v) is 2.53. The van der Waals surface area contributed by atoms with Gasteiger partial charge in [-0.05, 0) is 30.3 Å². The predicted molar refractivity (Wildman–Crippen MR) is 97.1 cm³/mol. The second-order valence-corrected chi connectivity index (χ2v) is 5.88. The first-order valence-corrected chi connectivity index (χ1v) is 8.30. The number of amides is 2. The molecule has 7 nitrogen and oxygen atoms in total. The average Bonchev–Trinajstić information content (AvgIpc) is 3.14. The highest BCUT2D eigenvalue weighted by Gasteiger charge is 2.18. The van der Waals surface area contributed by atoms with Crippen molar-refractivity contribution >= 4 is 35.3 Å². The number of halogens is 1. The number of urea groups is 1. The van der Waals surface area contributed by atoms with Crippen molar-refractivity contribution in [1.82, 2.24) is 0 Å². The Bertz CT molecular complexity index is 793. The fourth-order valence-electron chi connectivity index (χ4n) is 2.36. The number of rotatable bonds is 6. The van der Waals surface area contributed by atoms with E-state index in [1.807, 2.05) is 0 Å². The fraction of sp³-hybridized carbons (Fsp3) is 0.222. The van der Waals surface area contributed by atoms with Crippen LogP contribution < -0.4 is 15.4 Å². The molecule has 0 bridgehead atoms. The van der Waals surface area contributed by atoms with Crippen LogP contribution in [0.3, 0.4) is 0 Å². The quantitative estimate of drug-likeness (QED) is 0.753. The third-order valence-electron chi connectivity index (χ3n) is 3.54. The Balaban J connectivity index is 1.66. The number of hydrogen-bond donors (Lipinski definition) is 2. The molecule has 0 aromatic heterocycles. The maximum Gasteiger partial charge on any atom is 0.323 e. The Kier molecular flexibility index (Phi) is 6.06. The van der Waals surface area contributed by atoms with Crippen LogP contribution in [0.5, 0.6) is 5.75 Å². The Morgan fingerprint density at radius 1 is 1.19 bits per heavy atom. The molecular weight excluding hydrogens is 360 g/mol. The Labute approximate surface area is 155 Å². The van der Waals surface area contributed by atoms with Gasteiger partial charge in [0.15, 0.2) is 6.29 Å². The highest BCUT2D eigenvalue weighted by molar-refractivity contribution is 6.31. The SMILES string of the molecule is O=Cc1cccc(NC(=O)Nc2cc(Cl)ccc2OCC2OCCO2)c1. The highest BCUT2D eigenvalue weighted by atomic mass is 35.5. The molecule has 0 radical (unpaired) electrons. The zero-order valence-electron chi connectivity index (χ0n) is 13.7. The molecule has 1 aliphatic rings. The normalized spacial score (nSPS) is 14.0. The van der Waals surface area contributed by atoms with Crippen molar-refractivity contribution in [2.24, 2.45) is 0 Å². The molecule has 1 fully saturated rings. The van der Waals surface area contributed by atoms with Gasteiger partial charge in [-0.15, -0.1) is 0 Å². The van der Waals surface area contributed by atoms with Gasteiger partial charge in [-0.1, -0.05) is 23.7 Å². The number of ether oxygens (including phenoxy) is 3. The van der Waals surface area contributed by atoms with Crippen LogP contribution in [0.2, 0.25) is 5.02 Å². The van der Waals surface area contributed by atoms with Crippen LogP contribution in [0, 0.1) is 0 Å². The third-order valence-corrected chi connectivity index (χ3v) is 3.77. The second kappa shape index (κ2) is 8.66. The molecule has 26 heavy (non-hydrogen) atoms. The van der Waals surface area contributed by atoms with Gasteiger partial charge < -0.3 is 24.8 Å². The first-order chi connectivity index (χ1) is 12.6. The van der Waals surface area contributed by atoms with Crippen molar-refractivity contribution in [3.8, 4) is 5.75 Å². The van der Waals surface area contributed by atoms with E-state index in [0.717, 1.165) is 0 Å². The Hall–Kier alpha value is -2.61. The minimum Gasteiger partial charge on any atom is -0.486 e. The summed E-state index contributed by atoms with van der Waals surface area (Å²) in [6.07, 6.45) is 0.275. The van der Waals surface area contributed by atoms with Crippen molar-refractivity contribution in [2.45, 2.75) is 6.29 Å². The molecule has 2 aromatic rings. The molecule has 0 atom stereocenters. The summed E-state index contributed by atoms with van der Waals surface area (Å²) < 4.78 is 16.3. The standard InChI is InChI=1S/C18H17ClN2O5/c19-13-4-5-16(26-11-17-24-6-7-25-17)15(9-13)21-18(23)20-14-3-1-2-12(8-14)10-22/h1-5,8-10,17H,6-7,11H2,(H2,20,21,23). The summed E-state index contributed by atoms with van der Waals surface area (Å²) in [4.78, 5) is 23.1. The molecule has 8 heteroatoms. The van der Waals surface area contributed by atoms with Gasteiger partial charge in [0.05, 0.1) is 18.9 Å². The number of hydrogen-bond acceptors (Lipinski definition) is 5. The van der Waals surface area contributed by atoms with E-state index in [9.17, 15) is 9.59 Å². The molecule has 1 aliphatic heterocycles. The zero-order valence-corrected chi connectivity index (χ0v) is 14.5. The maximum absolute atomic E-state index is 12.2. The van der Waals surface area contributed by atoms with E-state index < -0.39 is 12.3 Å². The van der Waals surface area contributed by atoms with Crippen molar-refractivity contribution < 1.29 is 23.8 Å². The lowest BCUT2D eigenvalue weighted by Gasteiger charge is -2.15. The molecule has 1 heterocycles. The first kappa shape index (κ1) is 18.2. The topological polar surface area (TPSA) is 85.9 Å². The molecule has 0 spiro atoms. The van der Waals surface area contributed by atoms with Crippen LogP contribution in [0.15, 0.2) is 42.5 Å². The van der Waals surface area contributed by atoms with Crippen molar-refractivity contribution in [1.29, 1.82) is 0 Å². The van der Waals surface area contributed by atoms with Gasteiger partial charge >= 0.3 is 6.03 Å². The smallest absolute Gasteiger partial charge is 0.323 e. The number of carbonyl (C=O) groups excluding carboxylic acids is 2. The summed E-state index contributed by atoms with van der Waals surface area (Å²) in [5, 5.41) is 5.78. The maximum atomic E-state index is 12.2. The van der Waals surface area contributed by atoms with Gasteiger partial charge in [0.1, 0.15) is 18.6 Å². The van der Waals surface area contributed by atoms with Crippen molar-refractivity contribution in [3.63, 3.8) is 0 Å². The van der Waals surface area contributed by atoms with E-state index in [0.29, 0.717) is 47.2 Å². The summed E-state index contributed by atoms with van der Waals surface area (Å²) in [7, 11) is 0. The van der Waals surface area contributed by atoms with Gasteiger partial charge in [-0.3, -0.25) is 4.79 Å². The van der Waals surface area contributed by atoms with E-state index in [-0.39, 0.29) is 6.61 Å². The molecule has 136 valence electrons. The lowest BCUT2D eigenvalue weighted by atomic mass is 10.2. The minimum atomic E-state index is -0.492. The van der Waals surface area contributed by atoms with Crippen LogP contribution in [0.1, 0.15) is 10.4 Å². The molecule has 2 N–H and O–H groups in total. The van der Waals surface area contributed by atoms with Gasteiger partial charge in [0.25, 0.3) is 0 Å². The van der Waals surface area contributed by atoms with Crippen molar-refractivity contribution in [2.75, 3.05) is 30.5 Å². The van der Waals surface area contributed by atoms with Gasteiger partial charge in [0, 0.05) is 16.3 Å². The van der Waals surface area contributed by atoms with E-state index >= 15 is 0 Å². The van der Waals surface area contributed by atoms with Crippen LogP contribution in [0.25, 0.3) is 0 Å². The van der Waals surface area contributed by atoms with Gasteiger partial charge in [-0.25, -0.2) is 4.79 Å². The van der Waals surface area contributed by atoms with Gasteiger partial charge in [-0.2, -0.15) is 0 Å². The highest BCUT2D eigenvalue weighted by Crippen LogP contribution is 2.28. The van der Waals surface area contributed by atoms with E-state index in [1.54, 1.807) is 42.5 Å². The van der Waals surface area contributed by atoms with Crippen LogP contribution >= 0.6 is 11.6 Å².